The Balaban J connectivity index is 2.35. The Morgan fingerprint density at radius 2 is 2.20 bits per heavy atom. The van der Waals surface area contributed by atoms with Gasteiger partial charge in [0, 0.05) is 25.7 Å². The Bertz CT molecular complexity index is 399. The summed E-state index contributed by atoms with van der Waals surface area (Å²) in [5, 5.41) is 0. The van der Waals surface area contributed by atoms with E-state index in [-0.39, 0.29) is 11.9 Å². The van der Waals surface area contributed by atoms with Crippen molar-refractivity contribution in [3.8, 4) is 0 Å². The number of fused-ring (bicyclic) bond motifs is 1. The molecule has 2 N–H and O–H groups in total. The third-order valence-electron chi connectivity index (χ3n) is 2.92. The molecule has 1 amide bonds. The number of aryl methyl sites for hydroxylation is 1. The molecule has 1 aliphatic rings. The number of benzene rings is 1. The van der Waals surface area contributed by atoms with Crippen LogP contribution in [0.3, 0.4) is 0 Å². The van der Waals surface area contributed by atoms with E-state index in [2.05, 4.69) is 0 Å². The first-order valence-corrected chi connectivity index (χ1v) is 5.19. The van der Waals surface area contributed by atoms with Crippen LogP contribution in [-0.2, 0) is 6.42 Å². The summed E-state index contributed by atoms with van der Waals surface area (Å²) >= 11 is 0. The summed E-state index contributed by atoms with van der Waals surface area (Å²) in [6, 6.07) is 5.99. The smallest absolute Gasteiger partial charge is 0.253 e. The van der Waals surface area contributed by atoms with Crippen molar-refractivity contribution in [2.75, 3.05) is 14.1 Å². The SMILES string of the molecule is CN(C)C(=O)c1ccc2c(c1)CC[C@@H]2N. The van der Waals surface area contributed by atoms with Crippen molar-refractivity contribution in [2.45, 2.75) is 18.9 Å². The third kappa shape index (κ3) is 1.75. The van der Waals surface area contributed by atoms with Crippen LogP contribution in [0.2, 0.25) is 0 Å². The minimum atomic E-state index is 0.0540. The van der Waals surface area contributed by atoms with Crippen LogP contribution < -0.4 is 5.73 Å². The van der Waals surface area contributed by atoms with Crippen LogP contribution >= 0.6 is 0 Å². The molecule has 1 atom stereocenters. The Kier molecular flexibility index (Phi) is 2.49. The van der Waals surface area contributed by atoms with E-state index in [1.807, 2.05) is 18.2 Å². The number of carbonyl (C=O) groups is 1. The number of nitrogens with two attached hydrogens (primary N) is 1. The van der Waals surface area contributed by atoms with Gasteiger partial charge >= 0.3 is 0 Å². The van der Waals surface area contributed by atoms with Gasteiger partial charge in [0.1, 0.15) is 0 Å². The van der Waals surface area contributed by atoms with E-state index in [0.29, 0.717) is 0 Å². The summed E-state index contributed by atoms with van der Waals surface area (Å²) in [5.41, 5.74) is 9.13. The molecule has 3 nitrogen and oxygen atoms in total. The molecule has 1 aromatic carbocycles. The van der Waals surface area contributed by atoms with Gasteiger partial charge in [-0.1, -0.05) is 6.07 Å². The number of hydrogen-bond acceptors (Lipinski definition) is 2. The highest BCUT2D eigenvalue weighted by molar-refractivity contribution is 5.94. The molecule has 1 aliphatic carbocycles. The van der Waals surface area contributed by atoms with Crippen LogP contribution in [0.1, 0.15) is 33.9 Å². The molecular formula is C12H16N2O. The number of carbonyl (C=O) groups excluding carboxylic acids is 1. The van der Waals surface area contributed by atoms with Gasteiger partial charge in [-0.2, -0.15) is 0 Å². The van der Waals surface area contributed by atoms with Crippen molar-refractivity contribution >= 4 is 5.91 Å². The highest BCUT2D eigenvalue weighted by Crippen LogP contribution is 2.29. The molecule has 3 heteroatoms. The highest BCUT2D eigenvalue weighted by Gasteiger charge is 2.20. The van der Waals surface area contributed by atoms with Crippen LogP contribution in [0.5, 0.6) is 0 Å². The molecule has 0 aromatic heterocycles. The zero-order valence-corrected chi connectivity index (χ0v) is 9.16. The molecule has 15 heavy (non-hydrogen) atoms. The van der Waals surface area contributed by atoms with E-state index in [9.17, 15) is 4.79 Å². The Labute approximate surface area is 89.9 Å². The summed E-state index contributed by atoms with van der Waals surface area (Å²) in [6.45, 7) is 0. The molecule has 0 unspecified atom stereocenters. The first kappa shape index (κ1) is 10.2. The predicted molar refractivity (Wildman–Crippen MR) is 59.7 cm³/mol. The van der Waals surface area contributed by atoms with Crippen molar-refractivity contribution in [1.82, 2.24) is 4.90 Å². The Hall–Kier alpha value is -1.35. The van der Waals surface area contributed by atoms with Gasteiger partial charge in [-0.3, -0.25) is 4.79 Å². The second-order valence-corrected chi connectivity index (χ2v) is 4.26. The molecular weight excluding hydrogens is 188 g/mol. The molecule has 0 radical (unpaired) electrons. The van der Waals surface area contributed by atoms with Gasteiger partial charge in [-0.15, -0.1) is 0 Å². The van der Waals surface area contributed by atoms with Crippen molar-refractivity contribution < 1.29 is 4.79 Å². The lowest BCUT2D eigenvalue weighted by Gasteiger charge is -2.11. The maximum atomic E-state index is 11.7. The lowest BCUT2D eigenvalue weighted by atomic mass is 10.0. The van der Waals surface area contributed by atoms with E-state index in [0.717, 1.165) is 18.4 Å². The second-order valence-electron chi connectivity index (χ2n) is 4.26. The second kappa shape index (κ2) is 3.66. The molecule has 0 saturated heterocycles. The number of nitrogens with zero attached hydrogens (tertiary/aromatic N) is 1. The average molecular weight is 204 g/mol. The number of amides is 1. The number of rotatable bonds is 1. The van der Waals surface area contributed by atoms with Crippen molar-refractivity contribution in [3.05, 3.63) is 34.9 Å². The van der Waals surface area contributed by atoms with Gasteiger partial charge < -0.3 is 10.6 Å². The summed E-state index contributed by atoms with van der Waals surface area (Å²) in [6.07, 6.45) is 1.99. The first-order chi connectivity index (χ1) is 7.09. The fourth-order valence-electron chi connectivity index (χ4n) is 2.04. The summed E-state index contributed by atoms with van der Waals surface area (Å²) < 4.78 is 0. The zero-order chi connectivity index (χ0) is 11.0. The molecule has 0 bridgehead atoms. The predicted octanol–water partition coefficient (Wildman–Crippen LogP) is 1.33. The van der Waals surface area contributed by atoms with Crippen LogP contribution in [-0.4, -0.2) is 24.9 Å². The van der Waals surface area contributed by atoms with Crippen molar-refractivity contribution in [2.24, 2.45) is 5.73 Å². The average Bonchev–Trinajstić information content (AvgIpc) is 2.59. The van der Waals surface area contributed by atoms with Gasteiger partial charge in [0.2, 0.25) is 0 Å². The molecule has 80 valence electrons. The largest absolute Gasteiger partial charge is 0.345 e. The maximum Gasteiger partial charge on any atom is 0.253 e. The van der Waals surface area contributed by atoms with Gasteiger partial charge in [0.15, 0.2) is 0 Å². The monoisotopic (exact) mass is 204 g/mol. The van der Waals surface area contributed by atoms with Gasteiger partial charge in [-0.25, -0.2) is 0 Å². The molecule has 0 spiro atoms. The summed E-state index contributed by atoms with van der Waals surface area (Å²) in [5.74, 6) is 0.0540. The number of hydrogen-bond donors (Lipinski definition) is 1. The van der Waals surface area contributed by atoms with Crippen LogP contribution in [0.4, 0.5) is 0 Å². The lowest BCUT2D eigenvalue weighted by Crippen LogP contribution is -2.21. The Morgan fingerprint density at radius 1 is 1.47 bits per heavy atom. The molecule has 1 aromatic rings. The van der Waals surface area contributed by atoms with Crippen molar-refractivity contribution in [3.63, 3.8) is 0 Å². The lowest BCUT2D eigenvalue weighted by molar-refractivity contribution is 0.0827. The van der Waals surface area contributed by atoms with Crippen LogP contribution in [0, 0.1) is 0 Å². The van der Waals surface area contributed by atoms with E-state index < -0.39 is 0 Å². The molecule has 0 heterocycles. The molecule has 0 saturated carbocycles. The highest BCUT2D eigenvalue weighted by atomic mass is 16.2. The maximum absolute atomic E-state index is 11.7. The molecule has 0 aliphatic heterocycles. The van der Waals surface area contributed by atoms with E-state index >= 15 is 0 Å². The third-order valence-corrected chi connectivity index (χ3v) is 2.92. The van der Waals surface area contributed by atoms with E-state index in [1.165, 1.54) is 11.1 Å². The fraction of sp³-hybridized carbons (Fsp3) is 0.417. The van der Waals surface area contributed by atoms with Crippen LogP contribution in [0.15, 0.2) is 18.2 Å². The topological polar surface area (TPSA) is 46.3 Å². The van der Waals surface area contributed by atoms with Crippen molar-refractivity contribution in [1.29, 1.82) is 0 Å². The standard InChI is InChI=1S/C12H16N2O/c1-14(2)12(15)9-3-5-10-8(7-9)4-6-11(10)13/h3,5,7,11H,4,6,13H2,1-2H3/t11-/m0/s1. The fourth-order valence-corrected chi connectivity index (χ4v) is 2.04. The van der Waals surface area contributed by atoms with E-state index in [1.54, 1.807) is 19.0 Å². The van der Waals surface area contributed by atoms with Gasteiger partial charge in [0.25, 0.3) is 5.91 Å². The van der Waals surface area contributed by atoms with Gasteiger partial charge in [0.05, 0.1) is 0 Å². The molecule has 0 fully saturated rings. The Morgan fingerprint density at radius 3 is 2.87 bits per heavy atom. The first-order valence-electron chi connectivity index (χ1n) is 5.19. The minimum absolute atomic E-state index is 0.0540. The van der Waals surface area contributed by atoms with Crippen LogP contribution in [0.25, 0.3) is 0 Å². The quantitative estimate of drug-likeness (QED) is 0.750. The zero-order valence-electron chi connectivity index (χ0n) is 9.16. The minimum Gasteiger partial charge on any atom is -0.345 e. The van der Waals surface area contributed by atoms with E-state index in [4.69, 9.17) is 5.73 Å². The molecule has 2 rings (SSSR count). The summed E-state index contributed by atoms with van der Waals surface area (Å²) in [4.78, 5) is 13.3. The summed E-state index contributed by atoms with van der Waals surface area (Å²) in [7, 11) is 3.53. The normalized spacial score (nSPS) is 18.7. The van der Waals surface area contributed by atoms with Gasteiger partial charge in [-0.05, 0) is 36.1 Å².